The number of amides is 3. The van der Waals surface area contributed by atoms with Crippen LogP contribution in [0.15, 0.2) is 83.9 Å². The van der Waals surface area contributed by atoms with E-state index in [1.165, 1.54) is 45.5 Å². The van der Waals surface area contributed by atoms with Crippen molar-refractivity contribution in [2.75, 3.05) is 41.1 Å². The summed E-state index contributed by atoms with van der Waals surface area (Å²) in [5.41, 5.74) is 1.67. The van der Waals surface area contributed by atoms with Crippen LogP contribution in [-0.4, -0.2) is 59.2 Å². The molecule has 290 valence electrons. The molecular weight excluding hydrogens is 751 g/mol. The maximum absolute atomic E-state index is 13.5. The Kier molecular flexibility index (Phi) is 11.7. The first-order valence-electron chi connectivity index (χ1n) is 16.7. The molecule has 18 heteroatoms. The van der Waals surface area contributed by atoms with Crippen LogP contribution in [0.2, 0.25) is 0 Å². The predicted octanol–water partition coefficient (Wildman–Crippen LogP) is 6.71. The zero-order valence-electron chi connectivity index (χ0n) is 31.1. The molecule has 55 heavy (non-hydrogen) atoms. The van der Waals surface area contributed by atoms with Gasteiger partial charge in [-0.05, 0) is 47.4 Å². The number of rotatable bonds is 13. The second-order valence-electron chi connectivity index (χ2n) is 13.2. The van der Waals surface area contributed by atoms with Gasteiger partial charge in [0.25, 0.3) is 10.0 Å². The normalized spacial score (nSPS) is 11.7. The number of methoxy groups -OCH3 is 2. The van der Waals surface area contributed by atoms with Crippen LogP contribution in [0, 0.1) is 0 Å². The fourth-order valence-electron chi connectivity index (χ4n) is 5.34. The van der Waals surface area contributed by atoms with Crippen LogP contribution >= 0.6 is 0 Å². The molecule has 0 fully saturated rings. The molecule has 5 N–H and O–H groups in total. The summed E-state index contributed by atoms with van der Waals surface area (Å²) < 4.78 is 71.1. The molecule has 1 heterocycles. The Morgan fingerprint density at radius 2 is 1.49 bits per heavy atom. The predicted molar refractivity (Wildman–Crippen MR) is 211 cm³/mol. The third-order valence-electron chi connectivity index (χ3n) is 7.96. The van der Waals surface area contributed by atoms with Gasteiger partial charge in [-0.2, -0.15) is 4.98 Å². The highest BCUT2D eigenvalue weighted by atomic mass is 32.2. The molecule has 0 spiro atoms. The Bertz CT molecular complexity index is 2490. The first-order chi connectivity index (χ1) is 25.9. The van der Waals surface area contributed by atoms with Crippen molar-refractivity contribution in [1.29, 1.82) is 0 Å². The molecule has 5 rings (SSSR count). The largest absolute Gasteiger partial charge is 0.495 e. The van der Waals surface area contributed by atoms with Crippen LogP contribution in [0.3, 0.4) is 0 Å². The average Bonchev–Trinajstić information content (AvgIpc) is 3.11. The van der Waals surface area contributed by atoms with Gasteiger partial charge in [0, 0.05) is 41.2 Å². The number of benzene rings is 4. The number of fused-ring (bicyclic) bond motifs is 1. The molecule has 5 aromatic rings. The Balaban J connectivity index is 1.37. The number of carbonyl (C=O) groups excluding carboxylic acids is 2. The highest BCUT2D eigenvalue weighted by molar-refractivity contribution is 7.92. The SMILES string of the molecule is CCC(=O)NS(=O)(=O)c1ccc(Nc2nccc(Oc3ccc(NC(=O)Nc4cc(C(C)(C)C)cc(NS(C)(=O)=O)c4OC)c4ccccc34)n2)cc1OC. The van der Waals surface area contributed by atoms with E-state index < -0.39 is 32.0 Å². The van der Waals surface area contributed by atoms with Crippen molar-refractivity contribution in [3.63, 3.8) is 0 Å². The molecule has 16 nitrogen and oxygen atoms in total. The number of ether oxygens (including phenoxy) is 3. The average molecular weight is 792 g/mol. The molecule has 0 aliphatic rings. The van der Waals surface area contributed by atoms with Gasteiger partial charge in [-0.3, -0.25) is 9.52 Å². The number of urea groups is 1. The van der Waals surface area contributed by atoms with Gasteiger partial charge in [-0.1, -0.05) is 52.0 Å². The Morgan fingerprint density at radius 1 is 0.800 bits per heavy atom. The van der Waals surface area contributed by atoms with Gasteiger partial charge < -0.3 is 30.2 Å². The van der Waals surface area contributed by atoms with Gasteiger partial charge in [0.1, 0.15) is 16.4 Å². The van der Waals surface area contributed by atoms with Gasteiger partial charge in [-0.25, -0.2) is 31.3 Å². The highest BCUT2D eigenvalue weighted by Crippen LogP contribution is 2.40. The molecule has 0 aliphatic heterocycles. The van der Waals surface area contributed by atoms with E-state index in [1.807, 2.05) is 49.8 Å². The van der Waals surface area contributed by atoms with E-state index in [2.05, 4.69) is 30.6 Å². The summed E-state index contributed by atoms with van der Waals surface area (Å²) >= 11 is 0. The Hall–Kier alpha value is -6.14. The van der Waals surface area contributed by atoms with E-state index in [4.69, 9.17) is 14.2 Å². The molecule has 1 aromatic heterocycles. The molecule has 0 unspecified atom stereocenters. The second kappa shape index (κ2) is 16.1. The zero-order chi connectivity index (χ0) is 40.1. The summed E-state index contributed by atoms with van der Waals surface area (Å²) in [6, 6.07) is 19.1. The van der Waals surface area contributed by atoms with Crippen LogP contribution in [-0.2, 0) is 30.3 Å². The summed E-state index contributed by atoms with van der Waals surface area (Å²) in [7, 11) is -5.13. The highest BCUT2D eigenvalue weighted by Gasteiger charge is 2.24. The van der Waals surface area contributed by atoms with E-state index in [-0.39, 0.29) is 51.4 Å². The molecular formula is C37H41N7O9S2. The third kappa shape index (κ3) is 9.89. The lowest BCUT2D eigenvalue weighted by atomic mass is 9.86. The molecule has 0 saturated heterocycles. The molecule has 3 amide bonds. The zero-order valence-corrected chi connectivity index (χ0v) is 32.7. The second-order valence-corrected chi connectivity index (χ2v) is 16.6. The maximum atomic E-state index is 13.5. The lowest BCUT2D eigenvalue weighted by molar-refractivity contribution is -0.119. The van der Waals surface area contributed by atoms with Gasteiger partial charge in [0.05, 0.1) is 37.5 Å². The summed E-state index contributed by atoms with van der Waals surface area (Å²) in [6.07, 6.45) is 2.50. The van der Waals surface area contributed by atoms with Gasteiger partial charge >= 0.3 is 6.03 Å². The van der Waals surface area contributed by atoms with E-state index >= 15 is 0 Å². The maximum Gasteiger partial charge on any atom is 0.323 e. The Labute approximate surface area is 319 Å². The standard InChI is InChI=1S/C37H41N7O9S2/c1-8-32(45)44-55(49,50)31-16-13-23(21-30(31)51-5)39-35-38-18-17-33(42-35)53-29-15-14-26(24-11-9-10-12-25(24)29)40-36(46)41-27-19-22(37(2,3)4)20-28(34(27)52-6)43-54(7,47)48/h9-21,43H,8H2,1-7H3,(H,44,45)(H,38,39,42)(H2,40,41,46). The van der Waals surface area contributed by atoms with Crippen molar-refractivity contribution in [2.45, 2.75) is 44.4 Å². The third-order valence-corrected chi connectivity index (χ3v) is 9.96. The number of aromatic nitrogens is 2. The van der Waals surface area contributed by atoms with Crippen molar-refractivity contribution in [3.05, 3.63) is 84.6 Å². The van der Waals surface area contributed by atoms with Crippen molar-refractivity contribution >= 4 is 71.5 Å². The quantitative estimate of drug-likeness (QED) is 0.0841. The molecule has 4 aromatic carbocycles. The van der Waals surface area contributed by atoms with E-state index in [0.29, 0.717) is 27.9 Å². The topological polar surface area (TPSA) is 216 Å². The minimum Gasteiger partial charge on any atom is -0.495 e. The lowest BCUT2D eigenvalue weighted by Crippen LogP contribution is -2.30. The Morgan fingerprint density at radius 3 is 2.15 bits per heavy atom. The fraction of sp³-hybridized carbons (Fsp3) is 0.243. The van der Waals surface area contributed by atoms with Crippen molar-refractivity contribution in [3.8, 4) is 23.1 Å². The number of carbonyl (C=O) groups is 2. The van der Waals surface area contributed by atoms with E-state index in [0.717, 1.165) is 11.8 Å². The van der Waals surface area contributed by atoms with E-state index in [9.17, 15) is 26.4 Å². The monoisotopic (exact) mass is 791 g/mol. The van der Waals surface area contributed by atoms with Crippen LogP contribution in [0.4, 0.5) is 33.5 Å². The van der Waals surface area contributed by atoms with Crippen molar-refractivity contribution in [2.24, 2.45) is 0 Å². The number of sulfonamides is 2. The molecule has 0 atom stereocenters. The van der Waals surface area contributed by atoms with Crippen LogP contribution in [0.25, 0.3) is 10.8 Å². The summed E-state index contributed by atoms with van der Waals surface area (Å²) in [6.45, 7) is 7.42. The van der Waals surface area contributed by atoms with Crippen molar-refractivity contribution in [1.82, 2.24) is 14.7 Å². The fourth-order valence-corrected chi connectivity index (χ4v) is 7.10. The number of nitrogens with zero attached hydrogens (tertiary/aromatic N) is 2. The molecule has 0 saturated carbocycles. The van der Waals surface area contributed by atoms with Crippen LogP contribution < -0.4 is 39.6 Å². The number of nitrogens with one attached hydrogen (secondary N) is 5. The van der Waals surface area contributed by atoms with Gasteiger partial charge in [0.15, 0.2) is 5.75 Å². The summed E-state index contributed by atoms with van der Waals surface area (Å²) in [5, 5.41) is 9.96. The molecule has 0 radical (unpaired) electrons. The first-order valence-corrected chi connectivity index (χ1v) is 20.1. The summed E-state index contributed by atoms with van der Waals surface area (Å²) in [5.74, 6) is 0.219. The molecule has 0 bridgehead atoms. The van der Waals surface area contributed by atoms with E-state index in [1.54, 1.807) is 30.3 Å². The lowest BCUT2D eigenvalue weighted by Gasteiger charge is -2.24. The number of hydrogen-bond donors (Lipinski definition) is 5. The van der Waals surface area contributed by atoms with Crippen molar-refractivity contribution < 1.29 is 40.6 Å². The minimum atomic E-state index is -4.16. The smallest absolute Gasteiger partial charge is 0.323 e. The minimum absolute atomic E-state index is 0.00562. The van der Waals surface area contributed by atoms with Gasteiger partial charge in [-0.15, -0.1) is 0 Å². The first kappa shape index (κ1) is 40.1. The van der Waals surface area contributed by atoms with Gasteiger partial charge in [0.2, 0.25) is 27.8 Å². The van der Waals surface area contributed by atoms with Crippen LogP contribution in [0.1, 0.15) is 39.7 Å². The number of hydrogen-bond acceptors (Lipinski definition) is 12. The summed E-state index contributed by atoms with van der Waals surface area (Å²) in [4.78, 5) is 33.7. The number of anilines is 5. The van der Waals surface area contributed by atoms with Crippen LogP contribution in [0.5, 0.6) is 23.1 Å². The molecule has 0 aliphatic carbocycles.